The van der Waals surface area contributed by atoms with Crippen molar-refractivity contribution in [2.45, 2.75) is 39.0 Å². The number of hydrogen-bond donors (Lipinski definition) is 2. The molecule has 0 aromatic heterocycles. The molecule has 0 radical (unpaired) electrons. The van der Waals surface area contributed by atoms with Crippen LogP contribution < -0.4 is 10.2 Å². The van der Waals surface area contributed by atoms with E-state index in [2.05, 4.69) is 19.1 Å². The van der Waals surface area contributed by atoms with Crippen LogP contribution in [0.4, 0.5) is 4.79 Å². The molecule has 4 heteroatoms. The molecule has 112 valence electrons. The third-order valence-corrected chi connectivity index (χ3v) is 3.55. The standard InChI is InChI=1S/C17H21NO3/c1-2-3-4-5-7-13-10-11-14-8-6-9-15(12-16(13)14)21-17(19)18-20/h6,8-12,20H,2-5,7H2,1H3,(H,18,19). The number of ether oxygens (including phenoxy) is 1. The van der Waals surface area contributed by atoms with Crippen LogP contribution in [0.1, 0.15) is 38.2 Å². The second-order valence-electron chi connectivity index (χ2n) is 5.11. The predicted octanol–water partition coefficient (Wildman–Crippen LogP) is 4.39. The fourth-order valence-electron chi connectivity index (χ4n) is 2.47. The summed E-state index contributed by atoms with van der Waals surface area (Å²) in [6.45, 7) is 2.20. The Morgan fingerprint density at radius 3 is 2.81 bits per heavy atom. The molecule has 2 N–H and O–H groups in total. The molecule has 0 bridgehead atoms. The van der Waals surface area contributed by atoms with Crippen molar-refractivity contribution >= 4 is 6.09 Å². The maximum Gasteiger partial charge on any atom is 0.436 e. The van der Waals surface area contributed by atoms with Gasteiger partial charge in [0.25, 0.3) is 0 Å². The van der Waals surface area contributed by atoms with Crippen LogP contribution in [0.25, 0.3) is 11.1 Å². The van der Waals surface area contributed by atoms with Gasteiger partial charge in [0, 0.05) is 0 Å². The first-order valence-electron chi connectivity index (χ1n) is 7.38. The Kier molecular flexibility index (Phi) is 5.58. The van der Waals surface area contributed by atoms with E-state index >= 15 is 0 Å². The number of unbranched alkanes of at least 4 members (excludes halogenated alkanes) is 3. The normalized spacial score (nSPS) is 10.6. The molecule has 2 rings (SSSR count). The maximum atomic E-state index is 11.1. The van der Waals surface area contributed by atoms with Crippen LogP contribution in [0.2, 0.25) is 0 Å². The number of rotatable bonds is 6. The largest absolute Gasteiger partial charge is 0.436 e. The summed E-state index contributed by atoms with van der Waals surface area (Å²) in [5.74, 6) is 0.414. The average Bonchev–Trinajstić information content (AvgIpc) is 2.74. The molecule has 21 heavy (non-hydrogen) atoms. The van der Waals surface area contributed by atoms with E-state index in [4.69, 9.17) is 9.94 Å². The van der Waals surface area contributed by atoms with E-state index in [-0.39, 0.29) is 0 Å². The highest BCUT2D eigenvalue weighted by Crippen LogP contribution is 2.31. The maximum absolute atomic E-state index is 11.1. The van der Waals surface area contributed by atoms with Gasteiger partial charge in [-0.25, -0.2) is 10.3 Å². The SMILES string of the molecule is CCCCCCc1ccc2cccc(OC(=O)NO)cc1-2. The van der Waals surface area contributed by atoms with Crippen LogP contribution in [0.5, 0.6) is 5.75 Å². The lowest BCUT2D eigenvalue weighted by Crippen LogP contribution is -2.22. The van der Waals surface area contributed by atoms with E-state index in [1.54, 1.807) is 6.07 Å². The van der Waals surface area contributed by atoms with Crippen molar-refractivity contribution in [1.82, 2.24) is 5.48 Å². The van der Waals surface area contributed by atoms with Gasteiger partial charge in [-0.3, -0.25) is 5.21 Å². The van der Waals surface area contributed by atoms with E-state index < -0.39 is 6.09 Å². The fraction of sp³-hybridized carbons (Fsp3) is 0.353. The Labute approximate surface area is 125 Å². The predicted molar refractivity (Wildman–Crippen MR) is 81.9 cm³/mol. The summed E-state index contributed by atoms with van der Waals surface area (Å²) >= 11 is 0. The Balaban J connectivity index is 2.16. The molecule has 0 aromatic carbocycles. The van der Waals surface area contributed by atoms with Crippen molar-refractivity contribution in [2.24, 2.45) is 0 Å². The third-order valence-electron chi connectivity index (χ3n) is 3.55. The van der Waals surface area contributed by atoms with Gasteiger partial charge in [0.15, 0.2) is 0 Å². The minimum absolute atomic E-state index is 0.414. The molecule has 4 nitrogen and oxygen atoms in total. The summed E-state index contributed by atoms with van der Waals surface area (Å²) in [7, 11) is 0. The first-order chi connectivity index (χ1) is 10.2. The molecular weight excluding hydrogens is 266 g/mol. The van der Waals surface area contributed by atoms with Gasteiger partial charge in [-0.15, -0.1) is 0 Å². The first-order valence-corrected chi connectivity index (χ1v) is 7.38. The quantitative estimate of drug-likeness (QED) is 0.470. The van der Waals surface area contributed by atoms with Crippen LogP contribution in [0.3, 0.4) is 0 Å². The minimum Gasteiger partial charge on any atom is -0.409 e. The molecular formula is C17H21NO3. The van der Waals surface area contributed by atoms with Gasteiger partial charge in [0.2, 0.25) is 0 Å². The van der Waals surface area contributed by atoms with E-state index in [0.717, 1.165) is 17.5 Å². The van der Waals surface area contributed by atoms with E-state index in [1.165, 1.54) is 36.7 Å². The lowest BCUT2D eigenvalue weighted by molar-refractivity contribution is 0.127. The zero-order valence-electron chi connectivity index (χ0n) is 12.3. The summed E-state index contributed by atoms with van der Waals surface area (Å²) in [5.41, 5.74) is 4.96. The van der Waals surface area contributed by atoms with Crippen molar-refractivity contribution in [2.75, 3.05) is 0 Å². The van der Waals surface area contributed by atoms with Crippen LogP contribution in [-0.2, 0) is 6.42 Å². The molecule has 0 spiro atoms. The van der Waals surface area contributed by atoms with E-state index in [1.807, 2.05) is 18.2 Å². The lowest BCUT2D eigenvalue weighted by atomic mass is 10.0. The number of hydrogen-bond acceptors (Lipinski definition) is 3. The molecule has 0 fully saturated rings. The van der Waals surface area contributed by atoms with E-state index in [0.29, 0.717) is 5.75 Å². The smallest absolute Gasteiger partial charge is 0.409 e. The highest BCUT2D eigenvalue weighted by molar-refractivity contribution is 5.74. The van der Waals surface area contributed by atoms with Crippen molar-refractivity contribution in [3.05, 3.63) is 42.0 Å². The second-order valence-corrected chi connectivity index (χ2v) is 5.11. The Morgan fingerprint density at radius 2 is 2.05 bits per heavy atom. The summed E-state index contributed by atoms with van der Waals surface area (Å²) < 4.78 is 5.00. The Bertz CT molecular complexity index is 568. The number of amides is 1. The number of aryl methyl sites for hydroxylation is 1. The average molecular weight is 287 g/mol. The van der Waals surface area contributed by atoms with Gasteiger partial charge < -0.3 is 4.74 Å². The van der Waals surface area contributed by atoms with Gasteiger partial charge in [-0.05, 0) is 41.7 Å². The molecule has 2 aliphatic carbocycles. The van der Waals surface area contributed by atoms with Crippen molar-refractivity contribution in [3.63, 3.8) is 0 Å². The van der Waals surface area contributed by atoms with Gasteiger partial charge >= 0.3 is 6.09 Å². The third kappa shape index (κ3) is 4.20. The Hall–Kier alpha value is -2.07. The molecule has 0 aromatic rings. The van der Waals surface area contributed by atoms with Crippen LogP contribution in [-0.4, -0.2) is 11.3 Å². The van der Waals surface area contributed by atoms with Crippen molar-refractivity contribution in [3.8, 4) is 16.9 Å². The zero-order chi connectivity index (χ0) is 15.1. The second kappa shape index (κ2) is 7.64. The molecule has 1 amide bonds. The Morgan fingerprint density at radius 1 is 1.19 bits per heavy atom. The van der Waals surface area contributed by atoms with Gasteiger partial charge in [0.05, 0.1) is 0 Å². The first kappa shape index (κ1) is 15.3. The van der Waals surface area contributed by atoms with Crippen molar-refractivity contribution < 1.29 is 14.7 Å². The molecule has 0 atom stereocenters. The van der Waals surface area contributed by atoms with Gasteiger partial charge in [0.1, 0.15) is 5.75 Å². The zero-order valence-corrected chi connectivity index (χ0v) is 12.3. The van der Waals surface area contributed by atoms with E-state index in [9.17, 15) is 4.79 Å². The molecule has 0 saturated carbocycles. The number of carbonyl (C=O) groups excluding carboxylic acids is 1. The van der Waals surface area contributed by atoms with Crippen LogP contribution >= 0.6 is 0 Å². The van der Waals surface area contributed by atoms with Crippen LogP contribution in [0, 0.1) is 0 Å². The summed E-state index contributed by atoms with van der Waals surface area (Å²) in [6.07, 6.45) is 5.03. The molecule has 0 unspecified atom stereocenters. The van der Waals surface area contributed by atoms with Crippen molar-refractivity contribution in [1.29, 1.82) is 0 Å². The summed E-state index contributed by atoms with van der Waals surface area (Å²) in [5, 5.41) is 8.53. The lowest BCUT2D eigenvalue weighted by Gasteiger charge is -2.04. The van der Waals surface area contributed by atoms with Crippen LogP contribution in [0.15, 0.2) is 36.4 Å². The number of fused-ring (bicyclic) bond motifs is 1. The van der Waals surface area contributed by atoms with Gasteiger partial charge in [-0.1, -0.05) is 50.5 Å². The fourth-order valence-corrected chi connectivity index (χ4v) is 2.47. The molecule has 0 saturated heterocycles. The summed E-state index contributed by atoms with van der Waals surface area (Å²) in [6, 6.07) is 11.6. The summed E-state index contributed by atoms with van der Waals surface area (Å²) in [4.78, 5) is 11.1. The highest BCUT2D eigenvalue weighted by atomic mass is 16.6. The topological polar surface area (TPSA) is 58.6 Å². The highest BCUT2D eigenvalue weighted by Gasteiger charge is 2.10. The monoisotopic (exact) mass is 287 g/mol. The minimum atomic E-state index is -0.884. The molecule has 2 aliphatic rings. The number of carbonyl (C=O) groups is 1. The number of nitrogens with one attached hydrogen (secondary N) is 1. The molecule has 0 aliphatic heterocycles. The molecule has 0 heterocycles. The van der Waals surface area contributed by atoms with Gasteiger partial charge in [-0.2, -0.15) is 0 Å². The number of hydroxylamine groups is 1.